The van der Waals surface area contributed by atoms with E-state index in [9.17, 15) is 4.79 Å². The quantitative estimate of drug-likeness (QED) is 0.802. The van der Waals surface area contributed by atoms with Crippen molar-refractivity contribution in [2.75, 3.05) is 14.2 Å². The van der Waals surface area contributed by atoms with Crippen LogP contribution in [0.5, 0.6) is 11.5 Å². The van der Waals surface area contributed by atoms with E-state index in [0.29, 0.717) is 27.1 Å². The molecule has 1 heterocycles. The van der Waals surface area contributed by atoms with Crippen LogP contribution in [0.1, 0.15) is 15.9 Å². The summed E-state index contributed by atoms with van der Waals surface area (Å²) in [4.78, 5) is 12.3. The van der Waals surface area contributed by atoms with Crippen molar-refractivity contribution >= 4 is 33.0 Å². The van der Waals surface area contributed by atoms with Crippen LogP contribution >= 0.6 is 27.3 Å². The van der Waals surface area contributed by atoms with Crippen LogP contribution in [0.15, 0.2) is 33.4 Å². The number of benzene rings is 1. The van der Waals surface area contributed by atoms with Gasteiger partial charge in [0.2, 0.25) is 0 Å². The van der Waals surface area contributed by atoms with Crippen LogP contribution in [0, 0.1) is 0 Å². The van der Waals surface area contributed by atoms with Crippen LogP contribution in [-0.2, 0) is 0 Å². The normalized spacial score (nSPS) is 10.2. The molecule has 0 saturated heterocycles. The highest BCUT2D eigenvalue weighted by Gasteiger charge is 2.19. The van der Waals surface area contributed by atoms with Gasteiger partial charge in [0.25, 0.3) is 0 Å². The van der Waals surface area contributed by atoms with Crippen molar-refractivity contribution < 1.29 is 14.3 Å². The predicted octanol–water partition coefficient (Wildman–Crippen LogP) is 3.76. The molecular formula is C13H11BrO3S. The van der Waals surface area contributed by atoms with Gasteiger partial charge in [0.05, 0.1) is 19.8 Å². The summed E-state index contributed by atoms with van der Waals surface area (Å²) in [5.74, 6) is 1.07. The molecule has 0 fully saturated rings. The summed E-state index contributed by atoms with van der Waals surface area (Å²) in [6.45, 7) is 0. The summed E-state index contributed by atoms with van der Waals surface area (Å²) in [7, 11) is 3.10. The van der Waals surface area contributed by atoms with Crippen LogP contribution in [0.4, 0.5) is 0 Å². The van der Waals surface area contributed by atoms with Gasteiger partial charge in [0, 0.05) is 10.9 Å². The molecule has 2 aromatic rings. The fourth-order valence-corrected chi connectivity index (χ4v) is 2.93. The third-order valence-electron chi connectivity index (χ3n) is 2.51. The Kier molecular flexibility index (Phi) is 4.04. The molecule has 18 heavy (non-hydrogen) atoms. The highest BCUT2D eigenvalue weighted by atomic mass is 79.9. The molecule has 94 valence electrons. The lowest BCUT2D eigenvalue weighted by molar-refractivity contribution is 0.103. The molecule has 2 rings (SSSR count). The molecule has 0 aliphatic carbocycles. The summed E-state index contributed by atoms with van der Waals surface area (Å²) in [5, 5.41) is 3.69. The van der Waals surface area contributed by atoms with Gasteiger partial charge in [0.15, 0.2) is 5.78 Å². The zero-order valence-electron chi connectivity index (χ0n) is 9.90. The lowest BCUT2D eigenvalue weighted by atomic mass is 10.0. The number of carbonyl (C=O) groups is 1. The van der Waals surface area contributed by atoms with Gasteiger partial charge in [-0.15, -0.1) is 0 Å². The Morgan fingerprint density at radius 2 is 2.00 bits per heavy atom. The van der Waals surface area contributed by atoms with E-state index in [2.05, 4.69) is 15.9 Å². The number of ketones is 1. The van der Waals surface area contributed by atoms with Gasteiger partial charge in [-0.1, -0.05) is 0 Å². The molecule has 0 spiro atoms. The molecular weight excluding hydrogens is 316 g/mol. The van der Waals surface area contributed by atoms with Crippen LogP contribution in [0.3, 0.4) is 0 Å². The van der Waals surface area contributed by atoms with E-state index in [-0.39, 0.29) is 5.78 Å². The first-order valence-corrected chi connectivity index (χ1v) is 6.90. The molecule has 3 nitrogen and oxygen atoms in total. The minimum atomic E-state index is -0.0588. The standard InChI is InChI=1S/C13H11BrO3S/c1-16-10-4-3-9(13(17-2)11(10)14)12(15)8-5-6-18-7-8/h3-7H,1-2H3. The van der Waals surface area contributed by atoms with Gasteiger partial charge < -0.3 is 9.47 Å². The van der Waals surface area contributed by atoms with Crippen molar-refractivity contribution in [1.82, 2.24) is 0 Å². The monoisotopic (exact) mass is 326 g/mol. The van der Waals surface area contributed by atoms with Crippen molar-refractivity contribution in [3.8, 4) is 11.5 Å². The van der Waals surface area contributed by atoms with Crippen LogP contribution in [0.25, 0.3) is 0 Å². The molecule has 1 aromatic heterocycles. The first-order valence-electron chi connectivity index (χ1n) is 5.16. The molecule has 1 aromatic carbocycles. The van der Waals surface area contributed by atoms with E-state index in [1.165, 1.54) is 18.4 Å². The van der Waals surface area contributed by atoms with Gasteiger partial charge in [-0.3, -0.25) is 4.79 Å². The number of thiophene rings is 1. The fraction of sp³-hybridized carbons (Fsp3) is 0.154. The largest absolute Gasteiger partial charge is 0.495 e. The van der Waals surface area contributed by atoms with E-state index < -0.39 is 0 Å². The molecule has 0 unspecified atom stereocenters. The third-order valence-corrected chi connectivity index (χ3v) is 3.95. The van der Waals surface area contributed by atoms with E-state index in [1.54, 1.807) is 25.3 Å². The second-order valence-electron chi connectivity index (χ2n) is 3.50. The lowest BCUT2D eigenvalue weighted by Gasteiger charge is -2.12. The minimum Gasteiger partial charge on any atom is -0.495 e. The molecule has 0 saturated carbocycles. The predicted molar refractivity (Wildman–Crippen MR) is 75.0 cm³/mol. The van der Waals surface area contributed by atoms with Crippen molar-refractivity contribution in [3.63, 3.8) is 0 Å². The number of methoxy groups -OCH3 is 2. The van der Waals surface area contributed by atoms with Crippen molar-refractivity contribution in [3.05, 3.63) is 44.6 Å². The van der Waals surface area contributed by atoms with Gasteiger partial charge >= 0.3 is 0 Å². The topological polar surface area (TPSA) is 35.5 Å². The van der Waals surface area contributed by atoms with Crippen LogP contribution in [-0.4, -0.2) is 20.0 Å². The van der Waals surface area contributed by atoms with Crippen molar-refractivity contribution in [2.45, 2.75) is 0 Å². The molecule has 5 heteroatoms. The smallest absolute Gasteiger partial charge is 0.197 e. The molecule has 0 aliphatic heterocycles. The number of hydrogen-bond donors (Lipinski definition) is 0. The van der Waals surface area contributed by atoms with Crippen molar-refractivity contribution in [2.24, 2.45) is 0 Å². The zero-order chi connectivity index (χ0) is 13.1. The Hall–Kier alpha value is -1.33. The zero-order valence-corrected chi connectivity index (χ0v) is 12.3. The number of halogens is 1. The highest BCUT2D eigenvalue weighted by Crippen LogP contribution is 2.38. The van der Waals surface area contributed by atoms with Crippen LogP contribution < -0.4 is 9.47 Å². The maximum atomic E-state index is 12.3. The third kappa shape index (κ3) is 2.28. The average molecular weight is 327 g/mol. The fourth-order valence-electron chi connectivity index (χ4n) is 1.62. The highest BCUT2D eigenvalue weighted by molar-refractivity contribution is 9.10. The van der Waals surface area contributed by atoms with E-state index in [1.807, 2.05) is 10.8 Å². The molecule has 0 atom stereocenters. The van der Waals surface area contributed by atoms with Gasteiger partial charge in [-0.2, -0.15) is 11.3 Å². The molecule has 0 bridgehead atoms. The SMILES string of the molecule is COc1ccc(C(=O)c2ccsc2)c(OC)c1Br. The molecule has 0 radical (unpaired) electrons. The Bertz CT molecular complexity index is 564. The second-order valence-corrected chi connectivity index (χ2v) is 5.08. The summed E-state index contributed by atoms with van der Waals surface area (Å²) in [6.07, 6.45) is 0. The molecule has 0 aliphatic rings. The van der Waals surface area contributed by atoms with Crippen LogP contribution in [0.2, 0.25) is 0 Å². The van der Waals surface area contributed by atoms with Gasteiger partial charge in [0.1, 0.15) is 16.0 Å². The van der Waals surface area contributed by atoms with E-state index >= 15 is 0 Å². The summed E-state index contributed by atoms with van der Waals surface area (Å²) < 4.78 is 11.1. The summed E-state index contributed by atoms with van der Waals surface area (Å²) in [6, 6.07) is 5.25. The minimum absolute atomic E-state index is 0.0588. The number of rotatable bonds is 4. The Labute approximate surface area is 117 Å². The average Bonchev–Trinajstić information content (AvgIpc) is 2.91. The van der Waals surface area contributed by atoms with E-state index in [0.717, 1.165) is 0 Å². The number of hydrogen-bond acceptors (Lipinski definition) is 4. The number of carbonyl (C=O) groups excluding carboxylic acids is 1. The molecule has 0 amide bonds. The van der Waals surface area contributed by atoms with Crippen molar-refractivity contribution in [1.29, 1.82) is 0 Å². The lowest BCUT2D eigenvalue weighted by Crippen LogP contribution is -2.04. The molecule has 0 N–H and O–H groups in total. The number of ether oxygens (including phenoxy) is 2. The first-order chi connectivity index (χ1) is 8.69. The Balaban J connectivity index is 2.52. The maximum absolute atomic E-state index is 12.3. The Morgan fingerprint density at radius 1 is 1.22 bits per heavy atom. The van der Waals surface area contributed by atoms with Gasteiger partial charge in [-0.25, -0.2) is 0 Å². The Morgan fingerprint density at radius 3 is 2.56 bits per heavy atom. The summed E-state index contributed by atoms with van der Waals surface area (Å²) >= 11 is 4.87. The summed E-state index contributed by atoms with van der Waals surface area (Å²) in [5.41, 5.74) is 1.18. The van der Waals surface area contributed by atoms with E-state index in [4.69, 9.17) is 9.47 Å². The van der Waals surface area contributed by atoms with Gasteiger partial charge in [-0.05, 0) is 39.5 Å². The maximum Gasteiger partial charge on any atom is 0.197 e. The second kappa shape index (κ2) is 5.54. The first kappa shape index (κ1) is 13.1.